The molecule has 1 atom stereocenters. The Hall–Kier alpha value is -3.66. The summed E-state index contributed by atoms with van der Waals surface area (Å²) < 4.78 is 35.7. The van der Waals surface area contributed by atoms with Gasteiger partial charge < -0.3 is 15.4 Å². The van der Waals surface area contributed by atoms with Crippen molar-refractivity contribution in [2.75, 3.05) is 17.9 Å². The molecule has 176 valence electrons. The number of likely N-dealkylation sites (tertiary alicyclic amines) is 1. The number of fused-ring (bicyclic) bond motifs is 2. The van der Waals surface area contributed by atoms with E-state index >= 15 is 0 Å². The molecule has 2 aliphatic rings. The summed E-state index contributed by atoms with van der Waals surface area (Å²) in [7, 11) is -3.87. The lowest BCUT2D eigenvalue weighted by atomic mass is 9.98. The number of aromatic nitrogens is 1. The number of aryl methyl sites for hydroxylation is 1. The Balaban J connectivity index is 1.42. The number of benzene rings is 2. The van der Waals surface area contributed by atoms with Crippen LogP contribution in [0.2, 0.25) is 0 Å². The summed E-state index contributed by atoms with van der Waals surface area (Å²) in [5.41, 5.74) is 8.95. The number of piperidine rings is 1. The standard InChI is InChI=1S/C24H25N5O4S/c1-15-13-26-18-9-3-2-8-17(18)21(15)24(30)29-12-5-4-7-16(29)14-33-20-11-6-10-19-22(20)23(25)28-34(31,32)27-19/h2-3,6,8-11,13,16,27H,4-5,7,12,14H2,1H3,(H2,25,28)/t16-/m1/s1. The zero-order valence-corrected chi connectivity index (χ0v) is 19.5. The summed E-state index contributed by atoms with van der Waals surface area (Å²) in [6.07, 6.45) is 4.46. The third-order valence-electron chi connectivity index (χ3n) is 6.24. The van der Waals surface area contributed by atoms with Crippen LogP contribution in [-0.2, 0) is 10.2 Å². The van der Waals surface area contributed by atoms with Crippen LogP contribution in [0.3, 0.4) is 0 Å². The van der Waals surface area contributed by atoms with E-state index in [4.69, 9.17) is 10.5 Å². The van der Waals surface area contributed by atoms with E-state index in [1.807, 2.05) is 36.1 Å². The average Bonchev–Trinajstić information content (AvgIpc) is 2.81. The molecule has 1 aromatic heterocycles. The number of hydrogen-bond donors (Lipinski definition) is 2. The second-order valence-corrected chi connectivity index (χ2v) is 9.86. The van der Waals surface area contributed by atoms with Gasteiger partial charge in [0, 0.05) is 18.1 Å². The van der Waals surface area contributed by atoms with E-state index in [0.29, 0.717) is 29.1 Å². The van der Waals surface area contributed by atoms with Crippen molar-refractivity contribution in [3.8, 4) is 5.75 Å². The molecule has 0 unspecified atom stereocenters. The predicted octanol–water partition coefficient (Wildman–Crippen LogP) is 2.99. The topological polar surface area (TPSA) is 127 Å². The largest absolute Gasteiger partial charge is 0.491 e. The lowest BCUT2D eigenvalue weighted by molar-refractivity contribution is 0.0529. The van der Waals surface area contributed by atoms with Gasteiger partial charge in [0.15, 0.2) is 5.84 Å². The van der Waals surface area contributed by atoms with Gasteiger partial charge >= 0.3 is 10.2 Å². The number of rotatable bonds is 4. The Morgan fingerprint density at radius 1 is 1.21 bits per heavy atom. The third kappa shape index (κ3) is 4.05. The highest BCUT2D eigenvalue weighted by atomic mass is 32.2. The van der Waals surface area contributed by atoms with Gasteiger partial charge in [-0.3, -0.25) is 14.5 Å². The van der Waals surface area contributed by atoms with E-state index in [9.17, 15) is 13.2 Å². The Morgan fingerprint density at radius 3 is 2.88 bits per heavy atom. The first-order chi connectivity index (χ1) is 16.3. The van der Waals surface area contributed by atoms with Crippen LogP contribution in [0, 0.1) is 6.92 Å². The monoisotopic (exact) mass is 479 g/mol. The highest BCUT2D eigenvalue weighted by Crippen LogP contribution is 2.32. The van der Waals surface area contributed by atoms with Crippen LogP contribution >= 0.6 is 0 Å². The number of amidine groups is 1. The maximum absolute atomic E-state index is 13.7. The smallest absolute Gasteiger partial charge is 0.344 e. The van der Waals surface area contributed by atoms with Gasteiger partial charge in [-0.05, 0) is 49.9 Å². The van der Waals surface area contributed by atoms with Gasteiger partial charge in [-0.1, -0.05) is 24.3 Å². The van der Waals surface area contributed by atoms with E-state index < -0.39 is 10.2 Å². The molecule has 10 heteroatoms. The van der Waals surface area contributed by atoms with Crippen molar-refractivity contribution in [1.82, 2.24) is 9.88 Å². The van der Waals surface area contributed by atoms with Gasteiger partial charge in [-0.15, -0.1) is 4.40 Å². The summed E-state index contributed by atoms with van der Waals surface area (Å²) in [6, 6.07) is 12.5. The first-order valence-electron chi connectivity index (χ1n) is 11.1. The molecule has 2 aromatic carbocycles. The number of nitrogens with one attached hydrogen (secondary N) is 1. The van der Waals surface area contributed by atoms with Crippen LogP contribution < -0.4 is 15.2 Å². The Bertz CT molecular complexity index is 1420. The van der Waals surface area contributed by atoms with Crippen molar-refractivity contribution < 1.29 is 17.9 Å². The summed E-state index contributed by atoms with van der Waals surface area (Å²) in [4.78, 5) is 20.1. The Labute approximate surface area is 197 Å². The maximum Gasteiger partial charge on any atom is 0.344 e. The fourth-order valence-corrected chi connectivity index (χ4v) is 5.48. The minimum atomic E-state index is -3.87. The molecule has 0 aliphatic carbocycles. The van der Waals surface area contributed by atoms with Gasteiger partial charge in [-0.25, -0.2) is 0 Å². The number of para-hydroxylation sites is 1. The van der Waals surface area contributed by atoms with Crippen molar-refractivity contribution in [3.05, 3.63) is 65.4 Å². The molecule has 0 saturated carbocycles. The number of carbonyl (C=O) groups is 1. The van der Waals surface area contributed by atoms with Crippen molar-refractivity contribution in [3.63, 3.8) is 0 Å². The van der Waals surface area contributed by atoms with Crippen molar-refractivity contribution in [2.24, 2.45) is 10.1 Å². The lowest BCUT2D eigenvalue weighted by Gasteiger charge is -2.36. The quantitative estimate of drug-likeness (QED) is 0.592. The molecule has 0 spiro atoms. The average molecular weight is 480 g/mol. The molecular weight excluding hydrogens is 454 g/mol. The van der Waals surface area contributed by atoms with E-state index in [0.717, 1.165) is 35.7 Å². The zero-order valence-electron chi connectivity index (χ0n) is 18.7. The third-order valence-corrected chi connectivity index (χ3v) is 7.15. The molecule has 0 radical (unpaired) electrons. The van der Waals surface area contributed by atoms with Crippen molar-refractivity contribution >= 4 is 38.5 Å². The Kier molecular flexibility index (Phi) is 5.60. The predicted molar refractivity (Wildman–Crippen MR) is 130 cm³/mol. The lowest BCUT2D eigenvalue weighted by Crippen LogP contribution is -2.47. The van der Waals surface area contributed by atoms with E-state index in [1.54, 1.807) is 24.4 Å². The second kappa shape index (κ2) is 8.60. The second-order valence-electron chi connectivity index (χ2n) is 8.52. The molecule has 1 fully saturated rings. The molecule has 3 N–H and O–H groups in total. The molecule has 3 aromatic rings. The molecule has 1 amide bonds. The van der Waals surface area contributed by atoms with Gasteiger partial charge in [0.1, 0.15) is 12.4 Å². The van der Waals surface area contributed by atoms with Crippen molar-refractivity contribution in [2.45, 2.75) is 32.2 Å². The number of amides is 1. The number of pyridine rings is 1. The molecule has 2 aliphatic heterocycles. The minimum Gasteiger partial charge on any atom is -0.491 e. The molecule has 3 heterocycles. The van der Waals surface area contributed by atoms with Gasteiger partial charge in [0.05, 0.1) is 28.4 Å². The van der Waals surface area contributed by atoms with Crippen LogP contribution in [-0.4, -0.2) is 49.2 Å². The molecule has 34 heavy (non-hydrogen) atoms. The maximum atomic E-state index is 13.7. The zero-order chi connectivity index (χ0) is 23.9. The molecule has 9 nitrogen and oxygen atoms in total. The SMILES string of the molecule is Cc1cnc2ccccc2c1C(=O)N1CCCC[C@@H]1COc1cccc2c1C(N)=NS(=O)(=O)N2. The highest BCUT2D eigenvalue weighted by Gasteiger charge is 2.31. The highest BCUT2D eigenvalue weighted by molar-refractivity contribution is 7.91. The van der Waals surface area contributed by atoms with Crippen LogP contribution in [0.5, 0.6) is 5.75 Å². The first kappa shape index (κ1) is 22.1. The summed E-state index contributed by atoms with van der Waals surface area (Å²) in [5.74, 6) is 0.262. The van der Waals surface area contributed by atoms with Crippen molar-refractivity contribution in [1.29, 1.82) is 0 Å². The van der Waals surface area contributed by atoms with Crippen LogP contribution in [0.4, 0.5) is 5.69 Å². The van der Waals surface area contributed by atoms with Crippen LogP contribution in [0.15, 0.2) is 53.1 Å². The summed E-state index contributed by atoms with van der Waals surface area (Å²) in [5, 5.41) is 0.839. The minimum absolute atomic E-state index is 0.0340. The van der Waals surface area contributed by atoms with E-state index in [2.05, 4.69) is 14.1 Å². The fourth-order valence-electron chi connectivity index (χ4n) is 4.63. The normalized spacial score (nSPS) is 19.1. The van der Waals surface area contributed by atoms with E-state index in [1.165, 1.54) is 0 Å². The van der Waals surface area contributed by atoms with Gasteiger partial charge in [0.25, 0.3) is 5.91 Å². The molecule has 0 bridgehead atoms. The van der Waals surface area contributed by atoms with Gasteiger partial charge in [0.2, 0.25) is 0 Å². The number of nitrogens with two attached hydrogens (primary N) is 1. The van der Waals surface area contributed by atoms with Crippen LogP contribution in [0.1, 0.15) is 40.7 Å². The summed E-state index contributed by atoms with van der Waals surface area (Å²) >= 11 is 0. The first-order valence-corrected chi connectivity index (χ1v) is 12.6. The Morgan fingerprint density at radius 2 is 2.03 bits per heavy atom. The molecular formula is C24H25N5O4S. The van der Waals surface area contributed by atoms with Crippen LogP contribution in [0.25, 0.3) is 10.9 Å². The number of anilines is 1. The number of ether oxygens (including phenoxy) is 1. The van der Waals surface area contributed by atoms with E-state index in [-0.39, 0.29) is 24.4 Å². The number of carbonyl (C=O) groups excluding carboxylic acids is 1. The molecule has 1 saturated heterocycles. The molecule has 5 rings (SSSR count). The fraction of sp³-hybridized carbons (Fsp3) is 0.292. The number of nitrogens with zero attached hydrogens (tertiary/aromatic N) is 3. The van der Waals surface area contributed by atoms with Gasteiger partial charge in [-0.2, -0.15) is 8.42 Å². The summed E-state index contributed by atoms with van der Waals surface area (Å²) in [6.45, 7) is 2.80. The number of hydrogen-bond acceptors (Lipinski definition) is 6.